The highest BCUT2D eigenvalue weighted by Crippen LogP contribution is 2.18. The van der Waals surface area contributed by atoms with Gasteiger partial charge in [-0.25, -0.2) is 0 Å². The van der Waals surface area contributed by atoms with Gasteiger partial charge in [-0.2, -0.15) is 0 Å². The minimum absolute atomic E-state index is 0. The van der Waals surface area contributed by atoms with Crippen LogP contribution in [-0.2, 0) is 6.54 Å². The predicted molar refractivity (Wildman–Crippen MR) is 85.7 cm³/mol. The molecule has 0 amide bonds. The highest BCUT2D eigenvalue weighted by molar-refractivity contribution is 9.10. The van der Waals surface area contributed by atoms with E-state index in [2.05, 4.69) is 45.1 Å². The average molecular weight is 356 g/mol. The molecule has 18 heavy (non-hydrogen) atoms. The third-order valence-electron chi connectivity index (χ3n) is 3.36. The summed E-state index contributed by atoms with van der Waals surface area (Å²) in [6.07, 6.45) is 2.51. The molecule has 2 nitrogen and oxygen atoms in total. The average Bonchev–Trinajstić information content (AvgIpc) is 2.33. The van der Waals surface area contributed by atoms with Crippen LogP contribution in [0.1, 0.15) is 18.4 Å². The van der Waals surface area contributed by atoms with E-state index in [1.165, 1.54) is 31.5 Å². The highest BCUT2D eigenvalue weighted by Gasteiger charge is 2.17. The number of hydrogen-bond donors (Lipinski definition) is 1. The van der Waals surface area contributed by atoms with E-state index in [4.69, 9.17) is 5.73 Å². The molecule has 0 atom stereocenters. The monoisotopic (exact) mass is 354 g/mol. The molecule has 0 radical (unpaired) electrons. The second-order valence-corrected chi connectivity index (χ2v) is 5.50. The van der Waals surface area contributed by atoms with Crippen molar-refractivity contribution in [3.8, 4) is 0 Å². The van der Waals surface area contributed by atoms with Crippen molar-refractivity contribution in [1.29, 1.82) is 0 Å². The second-order valence-electron chi connectivity index (χ2n) is 4.58. The minimum Gasteiger partial charge on any atom is -0.330 e. The molecule has 1 aliphatic heterocycles. The second kappa shape index (κ2) is 9.16. The molecule has 1 aromatic carbocycles. The molecule has 0 spiro atoms. The van der Waals surface area contributed by atoms with Gasteiger partial charge < -0.3 is 5.73 Å². The van der Waals surface area contributed by atoms with Crippen LogP contribution in [0, 0.1) is 5.92 Å². The molecule has 1 aromatic rings. The van der Waals surface area contributed by atoms with E-state index in [0.717, 1.165) is 23.5 Å². The molecule has 2 rings (SSSR count). The van der Waals surface area contributed by atoms with Gasteiger partial charge in [0.25, 0.3) is 0 Å². The van der Waals surface area contributed by atoms with Gasteiger partial charge in [-0.15, -0.1) is 24.8 Å². The van der Waals surface area contributed by atoms with Crippen LogP contribution in [0.4, 0.5) is 0 Å². The Morgan fingerprint density at radius 3 is 2.17 bits per heavy atom. The first kappa shape index (κ1) is 18.2. The van der Waals surface area contributed by atoms with Crippen molar-refractivity contribution in [2.24, 2.45) is 11.7 Å². The molecule has 0 bridgehead atoms. The van der Waals surface area contributed by atoms with E-state index >= 15 is 0 Å². The fourth-order valence-electron chi connectivity index (χ4n) is 2.23. The van der Waals surface area contributed by atoms with Crippen LogP contribution in [0.2, 0.25) is 0 Å². The lowest BCUT2D eigenvalue weighted by Gasteiger charge is -2.31. The lowest BCUT2D eigenvalue weighted by molar-refractivity contribution is 0.180. The largest absolute Gasteiger partial charge is 0.330 e. The Bertz CT molecular complexity index is 324. The topological polar surface area (TPSA) is 29.3 Å². The van der Waals surface area contributed by atoms with Gasteiger partial charge in [0.2, 0.25) is 0 Å². The fraction of sp³-hybridized carbons (Fsp3) is 0.538. The number of nitrogens with zero attached hydrogens (tertiary/aromatic N) is 1. The number of likely N-dealkylation sites (tertiary alicyclic amines) is 1. The van der Waals surface area contributed by atoms with Crippen molar-refractivity contribution >= 4 is 40.7 Å². The number of piperidine rings is 1. The van der Waals surface area contributed by atoms with Crippen LogP contribution in [0.15, 0.2) is 28.7 Å². The van der Waals surface area contributed by atoms with Crippen molar-refractivity contribution in [3.05, 3.63) is 34.3 Å². The molecular weight excluding hydrogens is 335 g/mol. The van der Waals surface area contributed by atoms with E-state index in [0.29, 0.717) is 0 Å². The van der Waals surface area contributed by atoms with E-state index in [-0.39, 0.29) is 24.8 Å². The summed E-state index contributed by atoms with van der Waals surface area (Å²) in [5.41, 5.74) is 7.09. The molecule has 104 valence electrons. The number of benzene rings is 1. The van der Waals surface area contributed by atoms with E-state index in [1.807, 2.05) is 0 Å². The third-order valence-corrected chi connectivity index (χ3v) is 3.89. The number of hydrogen-bond acceptors (Lipinski definition) is 2. The summed E-state index contributed by atoms with van der Waals surface area (Å²) in [5.74, 6) is 0.751. The van der Waals surface area contributed by atoms with E-state index in [9.17, 15) is 0 Å². The van der Waals surface area contributed by atoms with E-state index in [1.54, 1.807) is 0 Å². The first-order valence-corrected chi connectivity index (χ1v) is 6.74. The molecule has 1 aliphatic rings. The smallest absolute Gasteiger partial charge is 0.0233 e. The molecule has 0 aliphatic carbocycles. The molecule has 1 saturated heterocycles. The third kappa shape index (κ3) is 5.45. The standard InChI is InChI=1S/C13H19BrN2.2ClH/c14-13-3-1-12(2-4-13)10-16-7-5-11(9-15)6-8-16;;/h1-4,11H,5-10,15H2;2*1H. The maximum Gasteiger partial charge on any atom is 0.0233 e. The molecule has 5 heteroatoms. The molecule has 1 fully saturated rings. The zero-order valence-corrected chi connectivity index (χ0v) is 13.6. The zero-order valence-electron chi connectivity index (χ0n) is 10.3. The number of nitrogens with two attached hydrogens (primary N) is 1. The Morgan fingerprint density at radius 2 is 1.67 bits per heavy atom. The van der Waals surface area contributed by atoms with Gasteiger partial charge in [0, 0.05) is 11.0 Å². The van der Waals surface area contributed by atoms with Gasteiger partial charge in [0.1, 0.15) is 0 Å². The van der Waals surface area contributed by atoms with Crippen molar-refractivity contribution < 1.29 is 0 Å². The summed E-state index contributed by atoms with van der Waals surface area (Å²) < 4.78 is 1.15. The van der Waals surface area contributed by atoms with Gasteiger partial charge in [-0.3, -0.25) is 4.90 Å². The molecule has 0 saturated carbocycles. The summed E-state index contributed by atoms with van der Waals surface area (Å²) in [7, 11) is 0. The number of halogens is 3. The van der Waals surface area contributed by atoms with Crippen LogP contribution in [0.3, 0.4) is 0 Å². The quantitative estimate of drug-likeness (QED) is 0.899. The maximum absolute atomic E-state index is 5.69. The van der Waals surface area contributed by atoms with Crippen molar-refractivity contribution in [3.63, 3.8) is 0 Å². The summed E-state index contributed by atoms with van der Waals surface area (Å²) in [5, 5.41) is 0. The first-order valence-electron chi connectivity index (χ1n) is 5.95. The number of rotatable bonds is 3. The van der Waals surface area contributed by atoms with Crippen LogP contribution < -0.4 is 5.73 Å². The Hall–Kier alpha value is 0.200. The van der Waals surface area contributed by atoms with Gasteiger partial charge >= 0.3 is 0 Å². The van der Waals surface area contributed by atoms with Crippen molar-refractivity contribution in [2.75, 3.05) is 19.6 Å². The Balaban J connectivity index is 0.00000144. The normalized spacial score (nSPS) is 16.8. The lowest BCUT2D eigenvalue weighted by atomic mass is 9.97. The molecule has 1 heterocycles. The summed E-state index contributed by atoms with van der Waals surface area (Å²) in [6, 6.07) is 8.61. The van der Waals surface area contributed by atoms with Crippen LogP contribution in [-0.4, -0.2) is 24.5 Å². The predicted octanol–water partition coefficient (Wildman–Crippen LogP) is 3.46. The first-order chi connectivity index (χ1) is 7.78. The zero-order chi connectivity index (χ0) is 11.4. The minimum atomic E-state index is 0. The lowest BCUT2D eigenvalue weighted by Crippen LogP contribution is -2.35. The van der Waals surface area contributed by atoms with Gasteiger partial charge in [0.05, 0.1) is 0 Å². The molecular formula is C13H21BrCl2N2. The van der Waals surface area contributed by atoms with Crippen molar-refractivity contribution in [1.82, 2.24) is 4.90 Å². The maximum atomic E-state index is 5.69. The Kier molecular flexibility index (Phi) is 9.26. The SMILES string of the molecule is Cl.Cl.NCC1CCN(Cc2ccc(Br)cc2)CC1. The molecule has 0 unspecified atom stereocenters. The van der Waals surface area contributed by atoms with Crippen molar-refractivity contribution in [2.45, 2.75) is 19.4 Å². The van der Waals surface area contributed by atoms with Gasteiger partial charge in [-0.05, 0) is 56.1 Å². The highest BCUT2D eigenvalue weighted by atomic mass is 79.9. The Morgan fingerprint density at radius 1 is 1.11 bits per heavy atom. The van der Waals surface area contributed by atoms with Gasteiger partial charge in [0.15, 0.2) is 0 Å². The molecule has 2 N–H and O–H groups in total. The Labute approximate surface area is 130 Å². The van der Waals surface area contributed by atoms with Gasteiger partial charge in [-0.1, -0.05) is 28.1 Å². The van der Waals surface area contributed by atoms with E-state index < -0.39 is 0 Å². The summed E-state index contributed by atoms with van der Waals surface area (Å²) in [6.45, 7) is 4.31. The fourth-order valence-corrected chi connectivity index (χ4v) is 2.49. The summed E-state index contributed by atoms with van der Waals surface area (Å²) >= 11 is 3.46. The summed E-state index contributed by atoms with van der Waals surface area (Å²) in [4.78, 5) is 2.52. The van der Waals surface area contributed by atoms with Crippen LogP contribution in [0.25, 0.3) is 0 Å². The van der Waals surface area contributed by atoms with Crippen LogP contribution >= 0.6 is 40.7 Å². The van der Waals surface area contributed by atoms with Crippen LogP contribution in [0.5, 0.6) is 0 Å². The molecule has 0 aromatic heterocycles.